The van der Waals surface area contributed by atoms with Crippen LogP contribution in [0.25, 0.3) is 0 Å². The van der Waals surface area contributed by atoms with Crippen LogP contribution >= 0.6 is 0 Å². The van der Waals surface area contributed by atoms with Gasteiger partial charge in [0.15, 0.2) is 0 Å². The Hall–Kier alpha value is -2.33. The summed E-state index contributed by atoms with van der Waals surface area (Å²) >= 11 is 0. The molecule has 28 heavy (non-hydrogen) atoms. The van der Waals surface area contributed by atoms with Gasteiger partial charge in [0.25, 0.3) is 0 Å². The van der Waals surface area contributed by atoms with Crippen molar-refractivity contribution in [1.82, 2.24) is 9.80 Å². The molecular weight excluding hydrogens is 348 g/mol. The van der Waals surface area contributed by atoms with Crippen molar-refractivity contribution >= 4 is 5.91 Å². The Morgan fingerprint density at radius 3 is 2.21 bits per heavy atom. The molecule has 0 N–H and O–H groups in total. The summed E-state index contributed by atoms with van der Waals surface area (Å²) in [5.74, 6) is 1.26. The lowest BCUT2D eigenvalue weighted by Gasteiger charge is -2.46. The van der Waals surface area contributed by atoms with E-state index in [2.05, 4.69) is 46.2 Å². The van der Waals surface area contributed by atoms with Gasteiger partial charge in [-0.25, -0.2) is 0 Å². The smallest absolute Gasteiger partial charge is 0.233 e. The Labute approximate surface area is 168 Å². The van der Waals surface area contributed by atoms with Crippen LogP contribution in [0.4, 0.5) is 0 Å². The molecule has 0 aromatic heterocycles. The Morgan fingerprint density at radius 2 is 1.64 bits per heavy atom. The van der Waals surface area contributed by atoms with E-state index in [9.17, 15) is 4.79 Å². The summed E-state index contributed by atoms with van der Waals surface area (Å²) in [6, 6.07) is 18.7. The van der Waals surface area contributed by atoms with E-state index in [4.69, 9.17) is 4.74 Å². The van der Waals surface area contributed by atoms with Gasteiger partial charge >= 0.3 is 0 Å². The second-order valence-electron chi connectivity index (χ2n) is 7.95. The van der Waals surface area contributed by atoms with E-state index >= 15 is 0 Å². The van der Waals surface area contributed by atoms with Gasteiger partial charge in [0, 0.05) is 32.7 Å². The zero-order chi connectivity index (χ0) is 19.4. The van der Waals surface area contributed by atoms with Gasteiger partial charge in [-0.3, -0.25) is 9.69 Å². The third kappa shape index (κ3) is 3.79. The fourth-order valence-electron chi connectivity index (χ4n) is 4.44. The van der Waals surface area contributed by atoms with Gasteiger partial charge in [-0.15, -0.1) is 0 Å². The van der Waals surface area contributed by atoms with Crippen molar-refractivity contribution in [2.75, 3.05) is 32.8 Å². The van der Waals surface area contributed by atoms with E-state index in [-0.39, 0.29) is 5.41 Å². The molecule has 1 aliphatic carbocycles. The molecule has 0 bridgehead atoms. The first-order valence-corrected chi connectivity index (χ1v) is 10.5. The first kappa shape index (κ1) is 19.0. The van der Waals surface area contributed by atoms with Gasteiger partial charge in [0.05, 0.1) is 12.0 Å². The van der Waals surface area contributed by atoms with E-state index < -0.39 is 0 Å². The fraction of sp³-hybridized carbons (Fsp3) is 0.458. The van der Waals surface area contributed by atoms with Gasteiger partial charge in [-0.1, -0.05) is 48.9 Å². The van der Waals surface area contributed by atoms with Crippen LogP contribution in [0.1, 0.15) is 37.3 Å². The van der Waals surface area contributed by atoms with Crippen LogP contribution in [0.2, 0.25) is 0 Å². The molecule has 4 nitrogen and oxygen atoms in total. The first-order valence-electron chi connectivity index (χ1n) is 10.5. The van der Waals surface area contributed by atoms with Crippen LogP contribution in [-0.2, 0) is 16.8 Å². The van der Waals surface area contributed by atoms with Crippen LogP contribution in [0.3, 0.4) is 0 Å². The predicted octanol–water partition coefficient (Wildman–Crippen LogP) is 3.85. The van der Waals surface area contributed by atoms with Crippen molar-refractivity contribution in [1.29, 1.82) is 0 Å². The number of piperazine rings is 1. The Kier molecular flexibility index (Phi) is 5.67. The molecule has 2 aromatic rings. The zero-order valence-corrected chi connectivity index (χ0v) is 16.8. The molecule has 4 heteroatoms. The summed E-state index contributed by atoms with van der Waals surface area (Å²) in [5.41, 5.74) is 2.23. The summed E-state index contributed by atoms with van der Waals surface area (Å²) in [6.45, 7) is 7.14. The summed E-state index contributed by atoms with van der Waals surface area (Å²) in [5, 5.41) is 0. The van der Waals surface area contributed by atoms with E-state index in [1.807, 2.05) is 25.1 Å². The molecule has 0 unspecified atom stereocenters. The quantitative estimate of drug-likeness (QED) is 0.765. The van der Waals surface area contributed by atoms with Gasteiger partial charge < -0.3 is 9.64 Å². The molecule has 1 saturated carbocycles. The van der Waals surface area contributed by atoms with Gasteiger partial charge in [-0.2, -0.15) is 0 Å². The minimum Gasteiger partial charge on any atom is -0.494 e. The van der Waals surface area contributed by atoms with Gasteiger partial charge in [0.1, 0.15) is 5.75 Å². The second-order valence-corrected chi connectivity index (χ2v) is 7.95. The molecule has 2 fully saturated rings. The lowest BCUT2D eigenvalue weighted by molar-refractivity contribution is -0.142. The molecule has 1 saturated heterocycles. The molecule has 1 amide bonds. The van der Waals surface area contributed by atoms with Crippen molar-refractivity contribution in [3.8, 4) is 5.75 Å². The normalized spacial score (nSPS) is 19.1. The average molecular weight is 379 g/mol. The standard InChI is InChI=1S/C24H30N2O2/c1-2-28-22-11-9-20(10-12-22)19-25-15-17-26(18-16-25)23(27)24(13-6-14-24)21-7-4-3-5-8-21/h3-5,7-12H,2,6,13-19H2,1H3. The number of rotatable bonds is 6. The topological polar surface area (TPSA) is 32.8 Å². The number of hydrogen-bond acceptors (Lipinski definition) is 3. The van der Waals surface area contributed by atoms with Crippen molar-refractivity contribution in [2.45, 2.75) is 38.1 Å². The van der Waals surface area contributed by atoms with E-state index in [0.29, 0.717) is 12.5 Å². The summed E-state index contributed by atoms with van der Waals surface area (Å²) in [7, 11) is 0. The minimum atomic E-state index is -0.265. The fourth-order valence-corrected chi connectivity index (χ4v) is 4.44. The summed E-state index contributed by atoms with van der Waals surface area (Å²) in [4.78, 5) is 17.9. The molecule has 2 aliphatic rings. The first-order chi connectivity index (χ1) is 13.7. The molecule has 0 radical (unpaired) electrons. The number of amides is 1. The summed E-state index contributed by atoms with van der Waals surface area (Å²) in [6.07, 6.45) is 3.13. The lowest BCUT2D eigenvalue weighted by atomic mass is 9.63. The number of ether oxygens (including phenoxy) is 1. The highest BCUT2D eigenvalue weighted by atomic mass is 16.5. The van der Waals surface area contributed by atoms with Crippen molar-refractivity contribution in [2.24, 2.45) is 0 Å². The number of benzene rings is 2. The highest BCUT2D eigenvalue weighted by molar-refractivity contribution is 5.89. The van der Waals surface area contributed by atoms with E-state index in [1.54, 1.807) is 0 Å². The maximum absolute atomic E-state index is 13.4. The van der Waals surface area contributed by atoms with Gasteiger partial charge in [0.2, 0.25) is 5.91 Å². The van der Waals surface area contributed by atoms with Crippen LogP contribution in [0, 0.1) is 0 Å². The van der Waals surface area contributed by atoms with Crippen molar-refractivity contribution in [3.05, 3.63) is 65.7 Å². The number of carbonyl (C=O) groups excluding carboxylic acids is 1. The Balaban J connectivity index is 1.34. The average Bonchev–Trinajstić information content (AvgIpc) is 2.70. The Morgan fingerprint density at radius 1 is 0.964 bits per heavy atom. The molecule has 148 valence electrons. The molecule has 0 spiro atoms. The third-order valence-corrected chi connectivity index (χ3v) is 6.24. The maximum Gasteiger partial charge on any atom is 0.233 e. The zero-order valence-electron chi connectivity index (χ0n) is 16.8. The minimum absolute atomic E-state index is 0.265. The number of nitrogens with zero attached hydrogens (tertiary/aromatic N) is 2. The third-order valence-electron chi connectivity index (χ3n) is 6.24. The van der Waals surface area contributed by atoms with Crippen LogP contribution in [-0.4, -0.2) is 48.5 Å². The predicted molar refractivity (Wildman–Crippen MR) is 111 cm³/mol. The number of hydrogen-bond donors (Lipinski definition) is 0. The largest absolute Gasteiger partial charge is 0.494 e. The van der Waals surface area contributed by atoms with Crippen LogP contribution in [0.15, 0.2) is 54.6 Å². The monoisotopic (exact) mass is 378 g/mol. The van der Waals surface area contributed by atoms with Crippen molar-refractivity contribution in [3.63, 3.8) is 0 Å². The van der Waals surface area contributed by atoms with E-state index in [1.165, 1.54) is 11.1 Å². The lowest BCUT2D eigenvalue weighted by Crippen LogP contribution is -2.56. The Bertz CT molecular complexity index is 776. The highest BCUT2D eigenvalue weighted by Crippen LogP contribution is 2.45. The SMILES string of the molecule is CCOc1ccc(CN2CCN(C(=O)C3(c4ccccc4)CCC3)CC2)cc1. The van der Waals surface area contributed by atoms with Crippen LogP contribution < -0.4 is 4.74 Å². The van der Waals surface area contributed by atoms with E-state index in [0.717, 1.165) is 57.7 Å². The highest BCUT2D eigenvalue weighted by Gasteiger charge is 2.47. The second kappa shape index (κ2) is 8.36. The summed E-state index contributed by atoms with van der Waals surface area (Å²) < 4.78 is 5.52. The molecule has 2 aromatic carbocycles. The van der Waals surface area contributed by atoms with Crippen molar-refractivity contribution < 1.29 is 9.53 Å². The molecule has 4 rings (SSSR count). The molecule has 0 atom stereocenters. The number of carbonyl (C=O) groups is 1. The molecule has 1 heterocycles. The van der Waals surface area contributed by atoms with Crippen LogP contribution in [0.5, 0.6) is 5.75 Å². The molecule has 1 aliphatic heterocycles. The molecular formula is C24H30N2O2. The maximum atomic E-state index is 13.4. The van der Waals surface area contributed by atoms with Gasteiger partial charge in [-0.05, 0) is 43.0 Å².